The number of anilines is 1. The van der Waals surface area contributed by atoms with E-state index in [1.54, 1.807) is 0 Å². The van der Waals surface area contributed by atoms with Crippen LogP contribution in [0.1, 0.15) is 0 Å². The van der Waals surface area contributed by atoms with Crippen LogP contribution >= 0.6 is 11.6 Å². The maximum Gasteiger partial charge on any atom is 0.265 e. The molecule has 0 aliphatic heterocycles. The molecule has 0 saturated carbocycles. The smallest absolute Gasteiger partial charge is 0.265 e. The lowest BCUT2D eigenvalue weighted by molar-refractivity contribution is 0.601. The van der Waals surface area contributed by atoms with Crippen LogP contribution in [-0.4, -0.2) is 18.6 Å². The van der Waals surface area contributed by atoms with Crippen LogP contribution in [0.3, 0.4) is 0 Å². The minimum absolute atomic E-state index is 0.0166. The molecule has 0 radical (unpaired) electrons. The molecule has 2 rings (SSSR count). The van der Waals surface area contributed by atoms with Gasteiger partial charge in [-0.2, -0.15) is 5.10 Å². The first-order valence-electron chi connectivity index (χ1n) is 4.46. The predicted molar refractivity (Wildman–Crippen MR) is 60.8 cm³/mol. The summed E-state index contributed by atoms with van der Waals surface area (Å²) in [6.07, 6.45) is 2.37. The van der Waals surface area contributed by atoms with Gasteiger partial charge in [0.1, 0.15) is 10.7 Å². The van der Waals surface area contributed by atoms with Gasteiger partial charge in [-0.1, -0.05) is 11.6 Å². The molecule has 2 N–H and O–H groups in total. The Morgan fingerprint density at radius 1 is 1.41 bits per heavy atom. The molecule has 1 aromatic carbocycles. The molecule has 0 aliphatic carbocycles. The summed E-state index contributed by atoms with van der Waals surface area (Å²) in [5.74, 6) is -0.541. The number of rotatable bonds is 3. The van der Waals surface area contributed by atoms with Gasteiger partial charge in [-0.05, 0) is 18.2 Å². The van der Waals surface area contributed by atoms with Gasteiger partial charge in [0.2, 0.25) is 0 Å². The average molecular weight is 276 g/mol. The van der Waals surface area contributed by atoms with E-state index < -0.39 is 15.8 Å². The molecular formula is C9H7ClFN3O2S. The quantitative estimate of drug-likeness (QED) is 0.900. The van der Waals surface area contributed by atoms with E-state index >= 15 is 0 Å². The first kappa shape index (κ1) is 11.9. The first-order valence-corrected chi connectivity index (χ1v) is 6.32. The van der Waals surface area contributed by atoms with Crippen LogP contribution in [0.2, 0.25) is 5.02 Å². The first-order chi connectivity index (χ1) is 7.99. The lowest BCUT2D eigenvalue weighted by atomic mass is 10.3. The molecular weight excluding hydrogens is 269 g/mol. The van der Waals surface area contributed by atoms with Crippen molar-refractivity contribution >= 4 is 27.3 Å². The minimum Gasteiger partial charge on any atom is -0.284 e. The summed E-state index contributed by atoms with van der Waals surface area (Å²) < 4.78 is 38.6. The molecule has 5 nitrogen and oxygen atoms in total. The maximum atomic E-state index is 12.8. The molecule has 1 aromatic heterocycles. The van der Waals surface area contributed by atoms with E-state index in [0.29, 0.717) is 0 Å². The zero-order valence-corrected chi connectivity index (χ0v) is 9.89. The fraction of sp³-hybridized carbons (Fsp3) is 0. The van der Waals surface area contributed by atoms with E-state index in [4.69, 9.17) is 11.6 Å². The second-order valence-electron chi connectivity index (χ2n) is 3.16. The summed E-state index contributed by atoms with van der Waals surface area (Å²) in [6, 6.07) is 3.38. The van der Waals surface area contributed by atoms with Crippen LogP contribution < -0.4 is 4.72 Å². The number of nitrogens with one attached hydrogen (secondary N) is 2. The maximum absolute atomic E-state index is 12.8. The van der Waals surface area contributed by atoms with Gasteiger partial charge in [-0.3, -0.25) is 9.82 Å². The van der Waals surface area contributed by atoms with Crippen molar-refractivity contribution < 1.29 is 12.8 Å². The van der Waals surface area contributed by atoms with Gasteiger partial charge in [0.15, 0.2) is 0 Å². The van der Waals surface area contributed by atoms with Gasteiger partial charge in [0.25, 0.3) is 10.0 Å². The Morgan fingerprint density at radius 3 is 2.76 bits per heavy atom. The van der Waals surface area contributed by atoms with Gasteiger partial charge in [-0.25, -0.2) is 12.8 Å². The molecule has 8 heteroatoms. The van der Waals surface area contributed by atoms with Crippen molar-refractivity contribution in [2.45, 2.75) is 4.90 Å². The molecule has 2 aromatic rings. The Kier molecular flexibility index (Phi) is 3.03. The molecule has 0 amide bonds. The fourth-order valence-electron chi connectivity index (χ4n) is 1.16. The zero-order chi connectivity index (χ0) is 12.5. The molecule has 0 saturated heterocycles. The van der Waals surface area contributed by atoms with Crippen LogP contribution in [0.4, 0.5) is 10.1 Å². The number of aromatic nitrogens is 2. The Balaban J connectivity index is 2.33. The van der Waals surface area contributed by atoms with Crippen LogP contribution in [0.5, 0.6) is 0 Å². The Hall–Kier alpha value is -1.60. The van der Waals surface area contributed by atoms with Crippen LogP contribution in [0, 0.1) is 5.82 Å². The highest BCUT2D eigenvalue weighted by Crippen LogP contribution is 2.24. The largest absolute Gasteiger partial charge is 0.284 e. The van der Waals surface area contributed by atoms with Crippen LogP contribution in [-0.2, 0) is 10.0 Å². The number of aromatic amines is 1. The lowest BCUT2D eigenvalue weighted by Crippen LogP contribution is -2.12. The molecule has 0 aliphatic rings. The SMILES string of the molecule is O=S(=O)(Nc1ccc(F)cc1Cl)c1cn[nH]c1. The van der Waals surface area contributed by atoms with E-state index in [1.165, 1.54) is 12.3 Å². The number of hydrogen-bond acceptors (Lipinski definition) is 3. The van der Waals surface area contributed by atoms with Crippen LogP contribution in [0.15, 0.2) is 35.5 Å². The topological polar surface area (TPSA) is 74.8 Å². The summed E-state index contributed by atoms with van der Waals surface area (Å²) in [4.78, 5) is -0.0297. The van der Waals surface area contributed by atoms with Crippen LogP contribution in [0.25, 0.3) is 0 Å². The molecule has 90 valence electrons. The summed E-state index contributed by atoms with van der Waals surface area (Å²) in [5.41, 5.74) is 0.106. The van der Waals surface area contributed by atoms with Crippen molar-refractivity contribution in [3.8, 4) is 0 Å². The van der Waals surface area contributed by atoms with Crippen molar-refractivity contribution in [3.05, 3.63) is 41.4 Å². The third-order valence-corrected chi connectivity index (χ3v) is 3.60. The number of hydrogen-bond donors (Lipinski definition) is 2. The molecule has 0 spiro atoms. The minimum atomic E-state index is -3.76. The summed E-state index contributed by atoms with van der Waals surface area (Å²) in [6.45, 7) is 0. The van der Waals surface area contributed by atoms with Gasteiger partial charge < -0.3 is 0 Å². The summed E-state index contributed by atoms with van der Waals surface area (Å²) in [7, 11) is -3.76. The van der Waals surface area contributed by atoms with Crippen molar-refractivity contribution in [2.75, 3.05) is 4.72 Å². The summed E-state index contributed by atoms with van der Waals surface area (Å²) >= 11 is 5.71. The van der Waals surface area contributed by atoms with E-state index in [-0.39, 0.29) is 15.6 Å². The van der Waals surface area contributed by atoms with Crippen molar-refractivity contribution in [2.24, 2.45) is 0 Å². The highest BCUT2D eigenvalue weighted by atomic mass is 35.5. The average Bonchev–Trinajstić information content (AvgIpc) is 2.76. The number of sulfonamides is 1. The normalized spacial score (nSPS) is 11.4. The van der Waals surface area contributed by atoms with Gasteiger partial charge in [0.05, 0.1) is 16.9 Å². The van der Waals surface area contributed by atoms with Gasteiger partial charge >= 0.3 is 0 Å². The fourth-order valence-corrected chi connectivity index (χ4v) is 2.42. The number of benzene rings is 1. The van der Waals surface area contributed by atoms with E-state index in [0.717, 1.165) is 18.3 Å². The van der Waals surface area contributed by atoms with E-state index in [1.807, 2.05) is 0 Å². The second kappa shape index (κ2) is 4.34. The Bertz CT molecular complexity index is 628. The standard InChI is InChI=1S/C9H7ClFN3O2S/c10-8-3-6(11)1-2-9(8)14-17(15,16)7-4-12-13-5-7/h1-5,14H,(H,12,13). The highest BCUT2D eigenvalue weighted by Gasteiger charge is 2.16. The molecule has 0 fully saturated rings. The number of nitrogens with zero attached hydrogens (tertiary/aromatic N) is 1. The Morgan fingerprint density at radius 2 is 2.18 bits per heavy atom. The zero-order valence-electron chi connectivity index (χ0n) is 8.31. The molecule has 1 heterocycles. The molecule has 0 atom stereocenters. The third-order valence-electron chi connectivity index (χ3n) is 1.96. The van der Waals surface area contributed by atoms with Crippen molar-refractivity contribution in [1.82, 2.24) is 10.2 Å². The third kappa shape index (κ3) is 2.56. The molecule has 0 bridgehead atoms. The monoisotopic (exact) mass is 275 g/mol. The summed E-state index contributed by atoms with van der Waals surface area (Å²) in [5, 5.41) is 5.90. The highest BCUT2D eigenvalue weighted by molar-refractivity contribution is 7.92. The number of halogens is 2. The Labute approximate surface area is 102 Å². The lowest BCUT2D eigenvalue weighted by Gasteiger charge is -2.07. The van der Waals surface area contributed by atoms with Gasteiger partial charge in [0, 0.05) is 6.20 Å². The predicted octanol–water partition coefficient (Wildman–Crippen LogP) is 2.00. The van der Waals surface area contributed by atoms with Crippen molar-refractivity contribution in [3.63, 3.8) is 0 Å². The van der Waals surface area contributed by atoms with E-state index in [2.05, 4.69) is 14.9 Å². The second-order valence-corrected chi connectivity index (χ2v) is 5.25. The molecule has 17 heavy (non-hydrogen) atoms. The van der Waals surface area contributed by atoms with Crippen molar-refractivity contribution in [1.29, 1.82) is 0 Å². The molecule has 0 unspecified atom stereocenters. The van der Waals surface area contributed by atoms with E-state index in [9.17, 15) is 12.8 Å². The number of H-pyrrole nitrogens is 1. The van der Waals surface area contributed by atoms with Gasteiger partial charge in [-0.15, -0.1) is 0 Å².